The third-order valence-corrected chi connectivity index (χ3v) is 5.58. The molecule has 1 heterocycles. The van der Waals surface area contributed by atoms with Gasteiger partial charge in [-0.3, -0.25) is 4.79 Å². The second-order valence-electron chi connectivity index (χ2n) is 5.72. The Hall–Kier alpha value is -1.60. The summed E-state index contributed by atoms with van der Waals surface area (Å²) in [5.41, 5.74) is 3.05. The third kappa shape index (κ3) is 5.49. The van der Waals surface area contributed by atoms with Crippen LogP contribution in [0.2, 0.25) is 0 Å². The highest BCUT2D eigenvalue weighted by atomic mass is 32.2. The van der Waals surface area contributed by atoms with Crippen molar-refractivity contribution in [3.63, 3.8) is 0 Å². The maximum Gasteiger partial charge on any atom is 0.237 e. The molecule has 0 saturated heterocycles. The van der Waals surface area contributed by atoms with E-state index in [9.17, 15) is 4.79 Å². The minimum atomic E-state index is -0.235. The molecule has 2 N–H and O–H groups in total. The van der Waals surface area contributed by atoms with Gasteiger partial charge in [0.25, 0.3) is 0 Å². The molecule has 1 aromatic heterocycles. The number of benzene rings is 1. The van der Waals surface area contributed by atoms with E-state index in [0.29, 0.717) is 0 Å². The van der Waals surface area contributed by atoms with E-state index in [1.807, 2.05) is 39.0 Å². The summed E-state index contributed by atoms with van der Waals surface area (Å²) in [6, 6.07) is 6.05. The molecule has 0 bridgehead atoms. The SMILES string of the molecule is CCCCNc1nnc(S[C@@H](C)C(=O)Nc2cc(C)ccc2C)s1. The molecule has 1 amide bonds. The van der Waals surface area contributed by atoms with Crippen molar-refractivity contribution in [1.82, 2.24) is 10.2 Å². The predicted octanol–water partition coefficient (Wildman–Crippen LogP) is 4.49. The maximum atomic E-state index is 12.4. The van der Waals surface area contributed by atoms with Gasteiger partial charge in [0, 0.05) is 12.2 Å². The first kappa shape index (κ1) is 18.7. The first-order valence-corrected chi connectivity index (χ1v) is 9.81. The number of aryl methyl sites for hydroxylation is 2. The van der Waals surface area contributed by atoms with Gasteiger partial charge in [-0.1, -0.05) is 48.6 Å². The molecular weight excluding hydrogens is 340 g/mol. The normalized spacial score (nSPS) is 12.0. The van der Waals surface area contributed by atoms with Crippen molar-refractivity contribution in [3.05, 3.63) is 29.3 Å². The van der Waals surface area contributed by atoms with Crippen LogP contribution in [0.5, 0.6) is 0 Å². The molecule has 0 aliphatic carbocycles. The Bertz CT molecular complexity index is 687. The Morgan fingerprint density at radius 1 is 1.33 bits per heavy atom. The minimum absolute atomic E-state index is 0.0237. The standard InChI is InChI=1S/C17H24N4OS2/c1-5-6-9-18-16-20-21-17(24-16)23-13(4)15(22)19-14-10-11(2)7-8-12(14)3/h7-8,10,13H,5-6,9H2,1-4H3,(H,18,20)(H,19,22)/t13-/m0/s1. The zero-order valence-corrected chi connectivity index (χ0v) is 16.2. The Kier molecular flexibility index (Phi) is 7.05. The van der Waals surface area contributed by atoms with Crippen LogP contribution in [0.3, 0.4) is 0 Å². The van der Waals surface area contributed by atoms with Gasteiger partial charge in [-0.05, 0) is 44.4 Å². The number of amides is 1. The molecule has 0 aliphatic rings. The van der Waals surface area contributed by atoms with Gasteiger partial charge in [0.1, 0.15) is 0 Å². The van der Waals surface area contributed by atoms with Gasteiger partial charge in [0.15, 0.2) is 4.34 Å². The number of carbonyl (C=O) groups is 1. The maximum absolute atomic E-state index is 12.4. The predicted molar refractivity (Wildman–Crippen MR) is 103 cm³/mol. The number of aromatic nitrogens is 2. The van der Waals surface area contributed by atoms with Gasteiger partial charge in [0.05, 0.1) is 5.25 Å². The topological polar surface area (TPSA) is 66.9 Å². The van der Waals surface area contributed by atoms with Crippen LogP contribution >= 0.6 is 23.1 Å². The van der Waals surface area contributed by atoms with E-state index < -0.39 is 0 Å². The summed E-state index contributed by atoms with van der Waals surface area (Å²) in [5, 5.41) is 15.1. The molecule has 0 fully saturated rings. The lowest BCUT2D eigenvalue weighted by molar-refractivity contribution is -0.115. The zero-order valence-electron chi connectivity index (χ0n) is 14.5. The van der Waals surface area contributed by atoms with Gasteiger partial charge < -0.3 is 10.6 Å². The van der Waals surface area contributed by atoms with Crippen LogP contribution in [0.25, 0.3) is 0 Å². The number of hydrogen-bond donors (Lipinski definition) is 2. The second-order valence-corrected chi connectivity index (χ2v) is 8.29. The van der Waals surface area contributed by atoms with E-state index in [1.54, 1.807) is 0 Å². The molecular formula is C17H24N4OS2. The van der Waals surface area contributed by atoms with E-state index >= 15 is 0 Å². The van der Waals surface area contributed by atoms with E-state index in [1.165, 1.54) is 23.1 Å². The van der Waals surface area contributed by atoms with Crippen molar-refractivity contribution in [2.75, 3.05) is 17.2 Å². The van der Waals surface area contributed by atoms with Crippen molar-refractivity contribution in [2.45, 2.75) is 50.1 Å². The molecule has 5 nitrogen and oxygen atoms in total. The summed E-state index contributed by atoms with van der Waals surface area (Å²) in [7, 11) is 0. The molecule has 7 heteroatoms. The molecule has 1 atom stereocenters. The number of hydrogen-bond acceptors (Lipinski definition) is 6. The summed E-state index contributed by atoms with van der Waals surface area (Å²) in [4.78, 5) is 12.4. The van der Waals surface area contributed by atoms with Crippen LogP contribution in [-0.4, -0.2) is 27.9 Å². The van der Waals surface area contributed by atoms with E-state index in [-0.39, 0.29) is 11.2 Å². The second kappa shape index (κ2) is 9.03. The molecule has 2 rings (SSSR count). The van der Waals surface area contributed by atoms with Crippen LogP contribution in [0.1, 0.15) is 37.8 Å². The van der Waals surface area contributed by atoms with Crippen molar-refractivity contribution < 1.29 is 4.79 Å². The van der Waals surface area contributed by atoms with E-state index in [0.717, 1.165) is 45.7 Å². The highest BCUT2D eigenvalue weighted by Crippen LogP contribution is 2.29. The molecule has 0 radical (unpaired) electrons. The van der Waals surface area contributed by atoms with Crippen LogP contribution in [0, 0.1) is 13.8 Å². The van der Waals surface area contributed by atoms with Crippen molar-refractivity contribution in [2.24, 2.45) is 0 Å². The average molecular weight is 365 g/mol. The van der Waals surface area contributed by atoms with Crippen LogP contribution < -0.4 is 10.6 Å². The number of nitrogens with one attached hydrogen (secondary N) is 2. The fourth-order valence-corrected chi connectivity index (χ4v) is 3.93. The van der Waals surface area contributed by atoms with E-state index in [4.69, 9.17) is 0 Å². The Labute approximate surface area is 151 Å². The number of carbonyl (C=O) groups excluding carboxylic acids is 1. The summed E-state index contributed by atoms with van der Waals surface area (Å²) in [6.07, 6.45) is 2.25. The quantitative estimate of drug-likeness (QED) is 0.534. The molecule has 0 unspecified atom stereocenters. The molecule has 130 valence electrons. The monoisotopic (exact) mass is 364 g/mol. The molecule has 1 aromatic carbocycles. The molecule has 0 saturated carbocycles. The Balaban J connectivity index is 1.90. The van der Waals surface area contributed by atoms with Gasteiger partial charge in [0.2, 0.25) is 11.0 Å². The molecule has 2 aromatic rings. The lowest BCUT2D eigenvalue weighted by Crippen LogP contribution is -2.22. The van der Waals surface area contributed by atoms with Gasteiger partial charge >= 0.3 is 0 Å². The minimum Gasteiger partial charge on any atom is -0.360 e. The average Bonchev–Trinajstić information content (AvgIpc) is 2.98. The first-order valence-electron chi connectivity index (χ1n) is 8.11. The van der Waals surface area contributed by atoms with Gasteiger partial charge in [-0.25, -0.2) is 0 Å². The molecule has 0 aliphatic heterocycles. The third-order valence-electron chi connectivity index (χ3n) is 3.51. The highest BCUT2D eigenvalue weighted by molar-refractivity contribution is 8.02. The summed E-state index contributed by atoms with van der Waals surface area (Å²) < 4.78 is 0.803. The first-order chi connectivity index (χ1) is 11.5. The van der Waals surface area contributed by atoms with E-state index in [2.05, 4.69) is 27.8 Å². The molecule has 24 heavy (non-hydrogen) atoms. The summed E-state index contributed by atoms with van der Waals surface area (Å²) >= 11 is 2.92. The van der Waals surface area contributed by atoms with Crippen molar-refractivity contribution in [3.8, 4) is 0 Å². The lowest BCUT2D eigenvalue weighted by Gasteiger charge is -2.12. The fraction of sp³-hybridized carbons (Fsp3) is 0.471. The summed E-state index contributed by atoms with van der Waals surface area (Å²) in [5.74, 6) is -0.0237. The van der Waals surface area contributed by atoms with Crippen molar-refractivity contribution >= 4 is 39.8 Å². The largest absolute Gasteiger partial charge is 0.360 e. The number of rotatable bonds is 8. The van der Waals surface area contributed by atoms with Crippen LogP contribution in [0.4, 0.5) is 10.8 Å². The zero-order chi connectivity index (χ0) is 17.5. The van der Waals surface area contributed by atoms with Crippen molar-refractivity contribution in [1.29, 1.82) is 0 Å². The number of unbranched alkanes of at least 4 members (excludes halogenated alkanes) is 1. The van der Waals surface area contributed by atoms with Crippen LogP contribution in [-0.2, 0) is 4.79 Å². The van der Waals surface area contributed by atoms with Crippen LogP contribution in [0.15, 0.2) is 22.5 Å². The Morgan fingerprint density at radius 2 is 2.12 bits per heavy atom. The molecule has 0 spiro atoms. The number of anilines is 2. The lowest BCUT2D eigenvalue weighted by atomic mass is 10.1. The van der Waals surface area contributed by atoms with Gasteiger partial charge in [-0.15, -0.1) is 10.2 Å². The highest BCUT2D eigenvalue weighted by Gasteiger charge is 2.18. The fourth-order valence-electron chi connectivity index (χ4n) is 2.01. The smallest absolute Gasteiger partial charge is 0.237 e. The Morgan fingerprint density at radius 3 is 2.88 bits per heavy atom. The van der Waals surface area contributed by atoms with Gasteiger partial charge in [-0.2, -0.15) is 0 Å². The number of thioether (sulfide) groups is 1. The summed E-state index contributed by atoms with van der Waals surface area (Å²) in [6.45, 7) is 8.95. The number of nitrogens with zero attached hydrogens (tertiary/aromatic N) is 2.